The molecule has 1 nitrogen and oxygen atoms in total. The van der Waals surface area contributed by atoms with E-state index < -0.39 is 21.4 Å². The molecule has 0 spiro atoms. The van der Waals surface area contributed by atoms with Crippen LogP contribution in [0, 0.1) is 0 Å². The van der Waals surface area contributed by atoms with Crippen LogP contribution < -0.4 is 0 Å². The van der Waals surface area contributed by atoms with Gasteiger partial charge in [0.2, 0.25) is 0 Å². The third-order valence-electron chi connectivity index (χ3n) is 3.11. The van der Waals surface area contributed by atoms with Crippen molar-refractivity contribution in [2.45, 2.75) is 17.5 Å². The average molecular weight is 316 g/mol. The van der Waals surface area contributed by atoms with Crippen molar-refractivity contribution in [3.63, 3.8) is 0 Å². The van der Waals surface area contributed by atoms with Gasteiger partial charge in [-0.3, -0.25) is 0 Å². The van der Waals surface area contributed by atoms with Gasteiger partial charge in [0.1, 0.15) is 0 Å². The Bertz CT molecular complexity index is 406. The van der Waals surface area contributed by atoms with E-state index in [1.807, 2.05) is 0 Å². The standard InChI is InChI=1S/C7H10O.C7H7.In/c1-4-5-6-7(2)8-3;1-7-5-3-2-4-6-7;/h2,6H,4H2,1,3H3;2-6H,1H2;. The quantitative estimate of drug-likeness (QED) is 0.829. The van der Waals surface area contributed by atoms with Crippen LogP contribution in [0.25, 0.3) is 0 Å². The first-order valence-corrected chi connectivity index (χ1v) is 11.7. The van der Waals surface area contributed by atoms with Gasteiger partial charge < -0.3 is 0 Å². The van der Waals surface area contributed by atoms with Gasteiger partial charge >= 0.3 is 106 Å². The van der Waals surface area contributed by atoms with Crippen molar-refractivity contribution >= 4 is 21.4 Å². The summed E-state index contributed by atoms with van der Waals surface area (Å²) in [5.41, 5.74) is 1.48. The minimum atomic E-state index is -1.66. The maximum atomic E-state index is 5.35. The van der Waals surface area contributed by atoms with Gasteiger partial charge in [-0.25, -0.2) is 0 Å². The molecule has 1 aromatic carbocycles. The summed E-state index contributed by atoms with van der Waals surface area (Å²) < 4.78 is 10.8. The molecule has 0 N–H and O–H groups in total. The van der Waals surface area contributed by atoms with Gasteiger partial charge in [0.05, 0.1) is 0 Å². The monoisotopic (exact) mass is 316 g/mol. The molecule has 0 saturated carbocycles. The summed E-state index contributed by atoms with van der Waals surface area (Å²) in [7, 11) is 1.77. The maximum absolute atomic E-state index is 5.35. The minimum absolute atomic E-state index is 1.11. The van der Waals surface area contributed by atoms with E-state index in [-0.39, 0.29) is 0 Å². The van der Waals surface area contributed by atoms with E-state index in [9.17, 15) is 0 Å². The van der Waals surface area contributed by atoms with E-state index >= 15 is 0 Å². The van der Waals surface area contributed by atoms with Crippen LogP contribution in [0.2, 0.25) is 0 Å². The fourth-order valence-electron chi connectivity index (χ4n) is 2.19. The molecule has 2 heteroatoms. The number of rotatable bonds is 4. The first kappa shape index (κ1) is 11.8. The van der Waals surface area contributed by atoms with Gasteiger partial charge in [0.25, 0.3) is 0 Å². The summed E-state index contributed by atoms with van der Waals surface area (Å²) in [6.45, 7) is 2.26. The number of allylic oxidation sites excluding steroid dienone is 2. The topological polar surface area (TPSA) is 9.23 Å². The SMILES string of the molecule is CC[C]1=CC(OC)=[CH][In]1[CH2]c1ccccc1. The summed E-state index contributed by atoms with van der Waals surface area (Å²) in [5.74, 6) is 1.11. The summed E-state index contributed by atoms with van der Waals surface area (Å²) in [4.78, 5) is 0. The molecule has 0 atom stereocenters. The first-order chi connectivity index (χ1) is 7.83. The molecule has 0 aromatic heterocycles. The first-order valence-electron chi connectivity index (χ1n) is 5.83. The Hall–Kier alpha value is -0.630. The van der Waals surface area contributed by atoms with Gasteiger partial charge in [-0.2, -0.15) is 0 Å². The van der Waals surface area contributed by atoms with Gasteiger partial charge in [-0.05, 0) is 0 Å². The molecule has 1 aliphatic rings. The van der Waals surface area contributed by atoms with Crippen molar-refractivity contribution in [1.82, 2.24) is 0 Å². The Kier molecular flexibility index (Phi) is 4.16. The van der Waals surface area contributed by atoms with E-state index in [0.717, 1.165) is 5.76 Å². The molecule has 0 amide bonds. The predicted molar refractivity (Wildman–Crippen MR) is 69.4 cm³/mol. The molecule has 1 aromatic rings. The number of methoxy groups -OCH3 is 1. The zero-order valence-electron chi connectivity index (χ0n) is 9.94. The zero-order chi connectivity index (χ0) is 11.4. The molecule has 16 heavy (non-hydrogen) atoms. The fourth-order valence-corrected chi connectivity index (χ4v) is 10.5. The molecule has 0 unspecified atom stereocenters. The Morgan fingerprint density at radius 2 is 1.94 bits per heavy atom. The van der Waals surface area contributed by atoms with Crippen molar-refractivity contribution < 1.29 is 4.74 Å². The molecule has 0 aliphatic carbocycles. The van der Waals surface area contributed by atoms with Crippen LogP contribution in [-0.2, 0) is 8.91 Å². The van der Waals surface area contributed by atoms with Gasteiger partial charge in [-0.1, -0.05) is 0 Å². The summed E-state index contributed by atoms with van der Waals surface area (Å²) in [5, 5.41) is 0. The number of hydrogen-bond donors (Lipinski definition) is 0. The molecule has 1 aliphatic heterocycles. The second-order valence-corrected chi connectivity index (χ2v) is 11.8. The normalized spacial score (nSPS) is 14.8. The molecule has 1 heterocycles. The zero-order valence-corrected chi connectivity index (χ0v) is 13.2. The van der Waals surface area contributed by atoms with Crippen molar-refractivity contribution in [3.8, 4) is 0 Å². The second kappa shape index (κ2) is 5.62. The van der Waals surface area contributed by atoms with Crippen LogP contribution in [0.4, 0.5) is 0 Å². The third kappa shape index (κ3) is 2.73. The van der Waals surface area contributed by atoms with E-state index in [4.69, 9.17) is 4.74 Å². The van der Waals surface area contributed by atoms with Crippen molar-refractivity contribution in [2.24, 2.45) is 0 Å². The number of benzene rings is 1. The molecule has 0 saturated heterocycles. The molecular formula is C14H17InO. The van der Waals surface area contributed by atoms with Crippen molar-refractivity contribution in [3.05, 3.63) is 54.9 Å². The van der Waals surface area contributed by atoms with Crippen molar-refractivity contribution in [2.75, 3.05) is 7.11 Å². The summed E-state index contributed by atoms with van der Waals surface area (Å²) in [6.07, 6.45) is 3.46. The van der Waals surface area contributed by atoms with Crippen molar-refractivity contribution in [1.29, 1.82) is 0 Å². The molecule has 0 fully saturated rings. The van der Waals surface area contributed by atoms with E-state index in [2.05, 4.69) is 47.2 Å². The number of hydrogen-bond acceptors (Lipinski definition) is 1. The van der Waals surface area contributed by atoms with Crippen LogP contribution in [0.5, 0.6) is 0 Å². The van der Waals surface area contributed by atoms with Crippen LogP contribution in [-0.4, -0.2) is 28.5 Å². The molecule has 82 valence electrons. The third-order valence-corrected chi connectivity index (χ3v) is 12.2. The average Bonchev–Trinajstić information content (AvgIpc) is 2.73. The van der Waals surface area contributed by atoms with E-state index in [0.29, 0.717) is 0 Å². The van der Waals surface area contributed by atoms with E-state index in [1.54, 1.807) is 10.4 Å². The Labute approximate surface area is 105 Å². The van der Waals surface area contributed by atoms with Gasteiger partial charge in [-0.15, -0.1) is 0 Å². The van der Waals surface area contributed by atoms with Crippen LogP contribution in [0.15, 0.2) is 49.3 Å². The summed E-state index contributed by atoms with van der Waals surface area (Å²) >= 11 is -1.66. The molecule has 0 bridgehead atoms. The van der Waals surface area contributed by atoms with E-state index in [1.165, 1.54) is 16.2 Å². The molecule has 2 rings (SSSR count). The molecular weight excluding hydrogens is 299 g/mol. The predicted octanol–water partition coefficient (Wildman–Crippen LogP) is 3.22. The van der Waals surface area contributed by atoms with Crippen LogP contribution >= 0.6 is 0 Å². The molecule has 0 radical (unpaired) electrons. The van der Waals surface area contributed by atoms with Gasteiger partial charge in [0, 0.05) is 0 Å². The Morgan fingerprint density at radius 1 is 1.19 bits per heavy atom. The van der Waals surface area contributed by atoms with Gasteiger partial charge in [0.15, 0.2) is 0 Å². The number of ether oxygens (including phenoxy) is 1. The van der Waals surface area contributed by atoms with Crippen LogP contribution in [0.1, 0.15) is 18.9 Å². The summed E-state index contributed by atoms with van der Waals surface area (Å²) in [6, 6.07) is 10.8. The Morgan fingerprint density at radius 3 is 2.56 bits per heavy atom. The second-order valence-electron chi connectivity index (χ2n) is 4.14. The fraction of sp³-hybridized carbons (Fsp3) is 0.286. The Balaban J connectivity index is 2.11. The van der Waals surface area contributed by atoms with Crippen LogP contribution in [0.3, 0.4) is 0 Å².